The molecule has 1 aromatic heterocycles. The monoisotopic (exact) mass is 251 g/mol. The second-order valence-corrected chi connectivity index (χ2v) is 5.35. The van der Waals surface area contributed by atoms with Gasteiger partial charge in [-0.25, -0.2) is 0 Å². The second kappa shape index (κ2) is 5.10. The first-order chi connectivity index (χ1) is 8.47. The molecule has 5 heteroatoms. The summed E-state index contributed by atoms with van der Waals surface area (Å²) >= 11 is 0. The van der Waals surface area contributed by atoms with E-state index in [1.165, 1.54) is 0 Å². The van der Waals surface area contributed by atoms with Gasteiger partial charge < -0.3 is 5.11 Å². The van der Waals surface area contributed by atoms with E-state index in [0.29, 0.717) is 12.5 Å². The van der Waals surface area contributed by atoms with Crippen molar-refractivity contribution in [3.05, 3.63) is 17.5 Å². The van der Waals surface area contributed by atoms with E-state index in [9.17, 15) is 9.90 Å². The Bertz CT molecular complexity index is 441. The van der Waals surface area contributed by atoms with Crippen LogP contribution in [0.4, 0.5) is 0 Å². The first-order valence-corrected chi connectivity index (χ1v) is 6.43. The molecule has 0 amide bonds. The maximum absolute atomic E-state index is 11.3. The number of carboxylic acids is 1. The third-order valence-corrected chi connectivity index (χ3v) is 3.72. The quantitative estimate of drug-likeness (QED) is 0.882. The standard InChI is InChI=1S/C13H21N3O2/c1-9-4-5-16(12(6-9)13(17)18)8-11-7-10(2)14-15(11)3/h7,9,12H,4-6,8H2,1-3H3,(H,17,18). The minimum atomic E-state index is -0.708. The second-order valence-electron chi connectivity index (χ2n) is 5.35. The van der Waals surface area contributed by atoms with E-state index in [0.717, 1.165) is 30.8 Å². The van der Waals surface area contributed by atoms with Crippen LogP contribution in [0.2, 0.25) is 0 Å². The Hall–Kier alpha value is -1.36. The average molecular weight is 251 g/mol. The van der Waals surface area contributed by atoms with Crippen LogP contribution >= 0.6 is 0 Å². The Kier molecular flexibility index (Phi) is 3.71. The van der Waals surface area contributed by atoms with Crippen molar-refractivity contribution in [2.24, 2.45) is 13.0 Å². The van der Waals surface area contributed by atoms with Crippen molar-refractivity contribution in [2.75, 3.05) is 6.54 Å². The molecule has 1 fully saturated rings. The first kappa shape index (κ1) is 13.1. The zero-order valence-electron chi connectivity index (χ0n) is 11.3. The van der Waals surface area contributed by atoms with Crippen LogP contribution in [0.3, 0.4) is 0 Å². The Morgan fingerprint density at radius 3 is 2.89 bits per heavy atom. The molecule has 0 spiro atoms. The molecule has 0 radical (unpaired) electrons. The Balaban J connectivity index is 2.11. The summed E-state index contributed by atoms with van der Waals surface area (Å²) in [7, 11) is 1.91. The molecule has 1 aliphatic heterocycles. The molecule has 2 heterocycles. The van der Waals surface area contributed by atoms with Gasteiger partial charge in [0.25, 0.3) is 0 Å². The van der Waals surface area contributed by atoms with Crippen LogP contribution in [-0.2, 0) is 18.4 Å². The molecule has 1 saturated heterocycles. The Morgan fingerprint density at radius 1 is 1.61 bits per heavy atom. The van der Waals surface area contributed by atoms with Gasteiger partial charge >= 0.3 is 5.97 Å². The predicted octanol–water partition coefficient (Wildman–Crippen LogP) is 1.41. The summed E-state index contributed by atoms with van der Waals surface area (Å²) in [6, 6.07) is 1.67. The molecule has 2 rings (SSSR count). The van der Waals surface area contributed by atoms with Crippen LogP contribution in [0.15, 0.2) is 6.07 Å². The molecular weight excluding hydrogens is 230 g/mol. The van der Waals surface area contributed by atoms with Gasteiger partial charge in [0.15, 0.2) is 0 Å². The number of carbonyl (C=O) groups is 1. The Labute approximate surface area is 107 Å². The molecule has 1 N–H and O–H groups in total. The maximum Gasteiger partial charge on any atom is 0.320 e. The number of likely N-dealkylation sites (tertiary alicyclic amines) is 1. The molecule has 0 bridgehead atoms. The van der Waals surface area contributed by atoms with Gasteiger partial charge in [0.05, 0.1) is 11.4 Å². The minimum Gasteiger partial charge on any atom is -0.480 e. The predicted molar refractivity (Wildman–Crippen MR) is 68.2 cm³/mol. The van der Waals surface area contributed by atoms with Crippen molar-refractivity contribution < 1.29 is 9.90 Å². The van der Waals surface area contributed by atoms with Gasteiger partial charge in [-0.1, -0.05) is 6.92 Å². The summed E-state index contributed by atoms with van der Waals surface area (Å²) < 4.78 is 1.84. The normalized spacial score (nSPS) is 25.3. The Morgan fingerprint density at radius 2 is 2.33 bits per heavy atom. The fourth-order valence-electron chi connectivity index (χ4n) is 2.66. The number of rotatable bonds is 3. The van der Waals surface area contributed by atoms with E-state index in [1.807, 2.05) is 24.7 Å². The highest BCUT2D eigenvalue weighted by atomic mass is 16.4. The summed E-state index contributed by atoms with van der Waals surface area (Å²) in [6.45, 7) is 5.60. The fourth-order valence-corrected chi connectivity index (χ4v) is 2.66. The van der Waals surface area contributed by atoms with Gasteiger partial charge in [-0.05, 0) is 38.3 Å². The number of nitrogens with zero attached hydrogens (tertiary/aromatic N) is 3. The smallest absolute Gasteiger partial charge is 0.320 e. The van der Waals surface area contributed by atoms with Crippen molar-refractivity contribution in [1.29, 1.82) is 0 Å². The summed E-state index contributed by atoms with van der Waals surface area (Å²) in [5.74, 6) is -0.212. The number of aromatic nitrogens is 2. The molecule has 2 atom stereocenters. The summed E-state index contributed by atoms with van der Waals surface area (Å²) in [6.07, 6.45) is 1.81. The van der Waals surface area contributed by atoms with E-state index in [4.69, 9.17) is 0 Å². The van der Waals surface area contributed by atoms with Crippen molar-refractivity contribution in [3.8, 4) is 0 Å². The summed E-state index contributed by atoms with van der Waals surface area (Å²) in [5, 5.41) is 13.6. The zero-order chi connectivity index (χ0) is 13.3. The lowest BCUT2D eigenvalue weighted by Gasteiger charge is -2.35. The van der Waals surface area contributed by atoms with E-state index >= 15 is 0 Å². The molecule has 0 saturated carbocycles. The van der Waals surface area contributed by atoms with E-state index < -0.39 is 5.97 Å². The number of piperidine rings is 1. The molecule has 5 nitrogen and oxygen atoms in total. The number of aliphatic carboxylic acids is 1. The third-order valence-electron chi connectivity index (χ3n) is 3.72. The number of hydrogen-bond acceptors (Lipinski definition) is 3. The minimum absolute atomic E-state index is 0.357. The van der Waals surface area contributed by atoms with Crippen LogP contribution in [0.25, 0.3) is 0 Å². The van der Waals surface area contributed by atoms with Crippen LogP contribution in [-0.4, -0.2) is 38.3 Å². The highest BCUT2D eigenvalue weighted by Gasteiger charge is 2.31. The van der Waals surface area contributed by atoms with Crippen molar-refractivity contribution in [1.82, 2.24) is 14.7 Å². The van der Waals surface area contributed by atoms with E-state index in [-0.39, 0.29) is 6.04 Å². The van der Waals surface area contributed by atoms with Gasteiger partial charge in [-0.15, -0.1) is 0 Å². The SMILES string of the molecule is Cc1cc(CN2CCC(C)CC2C(=O)O)n(C)n1. The molecule has 0 aliphatic carbocycles. The molecule has 2 unspecified atom stereocenters. The fraction of sp³-hybridized carbons (Fsp3) is 0.692. The van der Waals surface area contributed by atoms with Crippen molar-refractivity contribution in [2.45, 2.75) is 39.3 Å². The van der Waals surface area contributed by atoms with Gasteiger partial charge in [-0.2, -0.15) is 5.10 Å². The number of hydrogen-bond donors (Lipinski definition) is 1. The molecule has 1 aromatic rings. The molecular formula is C13H21N3O2. The van der Waals surface area contributed by atoms with Crippen molar-refractivity contribution in [3.63, 3.8) is 0 Å². The number of aryl methyl sites for hydroxylation is 2. The van der Waals surface area contributed by atoms with Crippen molar-refractivity contribution >= 4 is 5.97 Å². The van der Waals surface area contributed by atoms with Crippen LogP contribution in [0, 0.1) is 12.8 Å². The van der Waals surface area contributed by atoms with Crippen LogP contribution in [0.1, 0.15) is 31.2 Å². The van der Waals surface area contributed by atoms with Crippen LogP contribution < -0.4 is 0 Å². The van der Waals surface area contributed by atoms with Gasteiger partial charge in [0.1, 0.15) is 6.04 Å². The third kappa shape index (κ3) is 2.72. The van der Waals surface area contributed by atoms with Gasteiger partial charge in [-0.3, -0.25) is 14.4 Å². The van der Waals surface area contributed by atoms with Crippen LogP contribution in [0.5, 0.6) is 0 Å². The largest absolute Gasteiger partial charge is 0.480 e. The maximum atomic E-state index is 11.3. The lowest BCUT2D eigenvalue weighted by molar-refractivity contribution is -0.145. The average Bonchev–Trinajstić information content (AvgIpc) is 2.60. The topological polar surface area (TPSA) is 58.4 Å². The molecule has 18 heavy (non-hydrogen) atoms. The molecule has 100 valence electrons. The number of carboxylic acid groups (broad SMARTS) is 1. The lowest BCUT2D eigenvalue weighted by Crippen LogP contribution is -2.46. The summed E-state index contributed by atoms with van der Waals surface area (Å²) in [5.41, 5.74) is 2.05. The van der Waals surface area contributed by atoms with E-state index in [1.54, 1.807) is 0 Å². The first-order valence-electron chi connectivity index (χ1n) is 6.43. The van der Waals surface area contributed by atoms with E-state index in [2.05, 4.69) is 16.9 Å². The molecule has 0 aromatic carbocycles. The zero-order valence-corrected chi connectivity index (χ0v) is 11.3. The molecule has 1 aliphatic rings. The lowest BCUT2D eigenvalue weighted by atomic mass is 9.92. The van der Waals surface area contributed by atoms with Gasteiger partial charge in [0, 0.05) is 13.6 Å². The van der Waals surface area contributed by atoms with Gasteiger partial charge in [0.2, 0.25) is 0 Å². The summed E-state index contributed by atoms with van der Waals surface area (Å²) in [4.78, 5) is 13.4. The highest BCUT2D eigenvalue weighted by Crippen LogP contribution is 2.24. The highest BCUT2D eigenvalue weighted by molar-refractivity contribution is 5.73.